The standard InChI is InChI=1S/C11H22N2O2/c1-9-6-13(7-11(5-12)15-9)10-3-2-4-14-8-10/h9-11H,2-8,12H2,1H3. The second-order valence-corrected chi connectivity index (χ2v) is 4.63. The van der Waals surface area contributed by atoms with Crippen molar-refractivity contribution >= 4 is 0 Å². The lowest BCUT2D eigenvalue weighted by molar-refractivity contribution is -0.101. The summed E-state index contributed by atoms with van der Waals surface area (Å²) in [7, 11) is 0. The van der Waals surface area contributed by atoms with Crippen molar-refractivity contribution in [1.82, 2.24) is 4.90 Å². The molecule has 2 heterocycles. The SMILES string of the molecule is CC1CN(C2CCCOC2)CC(CN)O1. The summed E-state index contributed by atoms with van der Waals surface area (Å²) in [6.07, 6.45) is 2.94. The van der Waals surface area contributed by atoms with Crippen LogP contribution < -0.4 is 5.73 Å². The maximum Gasteiger partial charge on any atom is 0.0828 e. The maximum atomic E-state index is 5.75. The van der Waals surface area contributed by atoms with Gasteiger partial charge in [-0.05, 0) is 19.8 Å². The average molecular weight is 214 g/mol. The average Bonchev–Trinajstić information content (AvgIpc) is 2.29. The highest BCUT2D eigenvalue weighted by atomic mass is 16.5. The van der Waals surface area contributed by atoms with Gasteiger partial charge in [-0.15, -0.1) is 0 Å². The highest BCUT2D eigenvalue weighted by molar-refractivity contribution is 4.82. The summed E-state index contributed by atoms with van der Waals surface area (Å²) >= 11 is 0. The van der Waals surface area contributed by atoms with Gasteiger partial charge in [-0.2, -0.15) is 0 Å². The van der Waals surface area contributed by atoms with Crippen LogP contribution in [0.25, 0.3) is 0 Å². The van der Waals surface area contributed by atoms with Gasteiger partial charge < -0.3 is 15.2 Å². The molecule has 0 aromatic carbocycles. The Hall–Kier alpha value is -0.160. The first-order chi connectivity index (χ1) is 7.29. The van der Waals surface area contributed by atoms with E-state index >= 15 is 0 Å². The predicted molar refractivity (Wildman–Crippen MR) is 58.8 cm³/mol. The molecular weight excluding hydrogens is 192 g/mol. The summed E-state index contributed by atoms with van der Waals surface area (Å²) in [4.78, 5) is 2.49. The molecule has 0 aromatic heterocycles. The van der Waals surface area contributed by atoms with Crippen LogP contribution in [0.2, 0.25) is 0 Å². The summed E-state index contributed by atoms with van der Waals surface area (Å²) in [5.41, 5.74) is 5.67. The molecule has 2 aliphatic rings. The largest absolute Gasteiger partial charge is 0.380 e. The van der Waals surface area contributed by atoms with E-state index in [-0.39, 0.29) is 6.10 Å². The van der Waals surface area contributed by atoms with Gasteiger partial charge in [0.05, 0.1) is 18.8 Å². The van der Waals surface area contributed by atoms with Gasteiger partial charge in [0.1, 0.15) is 0 Å². The molecule has 3 unspecified atom stereocenters. The zero-order chi connectivity index (χ0) is 10.7. The first-order valence-corrected chi connectivity index (χ1v) is 5.97. The smallest absolute Gasteiger partial charge is 0.0828 e. The zero-order valence-corrected chi connectivity index (χ0v) is 9.52. The Labute approximate surface area is 91.7 Å². The van der Waals surface area contributed by atoms with E-state index in [2.05, 4.69) is 11.8 Å². The van der Waals surface area contributed by atoms with Crippen molar-refractivity contribution in [2.75, 3.05) is 32.8 Å². The molecule has 0 aliphatic carbocycles. The summed E-state index contributed by atoms with van der Waals surface area (Å²) in [6.45, 7) is 6.53. The molecule has 4 heteroatoms. The van der Waals surface area contributed by atoms with E-state index in [1.807, 2.05) is 0 Å². The van der Waals surface area contributed by atoms with Crippen LogP contribution in [0.15, 0.2) is 0 Å². The van der Waals surface area contributed by atoms with Gasteiger partial charge in [-0.25, -0.2) is 0 Å². The Kier molecular flexibility index (Phi) is 3.97. The van der Waals surface area contributed by atoms with Crippen molar-refractivity contribution in [2.24, 2.45) is 5.73 Å². The minimum absolute atomic E-state index is 0.204. The number of ether oxygens (including phenoxy) is 2. The Morgan fingerprint density at radius 1 is 1.40 bits per heavy atom. The molecule has 2 fully saturated rings. The Morgan fingerprint density at radius 2 is 2.27 bits per heavy atom. The lowest BCUT2D eigenvalue weighted by Crippen LogP contribution is -2.54. The number of nitrogens with two attached hydrogens (primary N) is 1. The minimum Gasteiger partial charge on any atom is -0.380 e. The lowest BCUT2D eigenvalue weighted by atomic mass is 10.1. The second kappa shape index (κ2) is 5.25. The summed E-state index contributed by atoms with van der Waals surface area (Å²) in [6, 6.07) is 0.583. The van der Waals surface area contributed by atoms with E-state index in [9.17, 15) is 0 Å². The van der Waals surface area contributed by atoms with Crippen LogP contribution in [-0.2, 0) is 9.47 Å². The molecule has 0 amide bonds. The van der Waals surface area contributed by atoms with Gasteiger partial charge in [0.15, 0.2) is 0 Å². The molecule has 3 atom stereocenters. The molecule has 2 N–H and O–H groups in total. The summed E-state index contributed by atoms with van der Waals surface area (Å²) < 4.78 is 11.3. The second-order valence-electron chi connectivity index (χ2n) is 4.63. The number of hydrogen-bond donors (Lipinski definition) is 1. The van der Waals surface area contributed by atoms with Crippen LogP contribution in [0.5, 0.6) is 0 Å². The number of morpholine rings is 1. The highest BCUT2D eigenvalue weighted by Gasteiger charge is 2.30. The van der Waals surface area contributed by atoms with E-state index < -0.39 is 0 Å². The summed E-state index contributed by atoms with van der Waals surface area (Å²) in [5.74, 6) is 0. The van der Waals surface area contributed by atoms with Crippen molar-refractivity contribution in [3.63, 3.8) is 0 Å². The fourth-order valence-corrected chi connectivity index (χ4v) is 2.52. The van der Waals surface area contributed by atoms with E-state index in [1.54, 1.807) is 0 Å². The maximum absolute atomic E-state index is 5.75. The quantitative estimate of drug-likeness (QED) is 0.714. The Balaban J connectivity index is 1.89. The van der Waals surface area contributed by atoms with E-state index in [0.717, 1.165) is 26.3 Å². The zero-order valence-electron chi connectivity index (χ0n) is 9.52. The predicted octanol–water partition coefficient (Wildman–Crippen LogP) is 0.213. The van der Waals surface area contributed by atoms with E-state index in [4.69, 9.17) is 15.2 Å². The van der Waals surface area contributed by atoms with Gasteiger partial charge in [-0.3, -0.25) is 4.90 Å². The number of rotatable bonds is 2. The lowest BCUT2D eigenvalue weighted by Gasteiger charge is -2.42. The normalized spacial score (nSPS) is 39.2. The highest BCUT2D eigenvalue weighted by Crippen LogP contribution is 2.19. The molecule has 0 saturated carbocycles. The minimum atomic E-state index is 0.204. The topological polar surface area (TPSA) is 47.7 Å². The molecule has 4 nitrogen and oxygen atoms in total. The molecule has 2 saturated heterocycles. The van der Waals surface area contributed by atoms with Crippen LogP contribution >= 0.6 is 0 Å². The van der Waals surface area contributed by atoms with E-state index in [1.165, 1.54) is 12.8 Å². The monoisotopic (exact) mass is 214 g/mol. The van der Waals surface area contributed by atoms with Crippen LogP contribution in [0.1, 0.15) is 19.8 Å². The van der Waals surface area contributed by atoms with Crippen molar-refractivity contribution in [2.45, 2.75) is 38.0 Å². The third kappa shape index (κ3) is 2.91. The van der Waals surface area contributed by atoms with Crippen LogP contribution in [0.4, 0.5) is 0 Å². The van der Waals surface area contributed by atoms with Gasteiger partial charge in [0.2, 0.25) is 0 Å². The van der Waals surface area contributed by atoms with Crippen molar-refractivity contribution in [3.8, 4) is 0 Å². The van der Waals surface area contributed by atoms with Gasteiger partial charge in [0, 0.05) is 32.3 Å². The third-order valence-electron chi connectivity index (χ3n) is 3.27. The van der Waals surface area contributed by atoms with Crippen molar-refractivity contribution in [3.05, 3.63) is 0 Å². The molecule has 2 rings (SSSR count). The molecule has 0 aromatic rings. The Bertz CT molecular complexity index is 195. The molecule has 0 spiro atoms. The Morgan fingerprint density at radius 3 is 2.93 bits per heavy atom. The van der Waals surface area contributed by atoms with Crippen LogP contribution in [0, 0.1) is 0 Å². The molecule has 88 valence electrons. The third-order valence-corrected chi connectivity index (χ3v) is 3.27. The van der Waals surface area contributed by atoms with Crippen LogP contribution in [-0.4, -0.2) is 56.0 Å². The van der Waals surface area contributed by atoms with Gasteiger partial charge >= 0.3 is 0 Å². The van der Waals surface area contributed by atoms with Crippen molar-refractivity contribution in [1.29, 1.82) is 0 Å². The van der Waals surface area contributed by atoms with E-state index in [0.29, 0.717) is 18.7 Å². The van der Waals surface area contributed by atoms with Gasteiger partial charge in [0.25, 0.3) is 0 Å². The first kappa shape index (κ1) is 11.3. The summed E-state index contributed by atoms with van der Waals surface area (Å²) in [5, 5.41) is 0. The number of nitrogens with zero attached hydrogens (tertiary/aromatic N) is 1. The molecule has 0 radical (unpaired) electrons. The van der Waals surface area contributed by atoms with Crippen molar-refractivity contribution < 1.29 is 9.47 Å². The first-order valence-electron chi connectivity index (χ1n) is 5.97. The fourth-order valence-electron chi connectivity index (χ4n) is 2.52. The molecule has 2 aliphatic heterocycles. The fraction of sp³-hybridized carbons (Fsp3) is 1.00. The van der Waals surface area contributed by atoms with Gasteiger partial charge in [-0.1, -0.05) is 0 Å². The molecule has 0 bridgehead atoms. The van der Waals surface area contributed by atoms with Crippen LogP contribution in [0.3, 0.4) is 0 Å². The molecule has 15 heavy (non-hydrogen) atoms. The number of hydrogen-bond acceptors (Lipinski definition) is 4. The molecular formula is C11H22N2O2.